The number of likely N-dealkylation sites (N-methyl/N-ethyl adjacent to an activating group) is 1. The normalized spacial score (nSPS) is 22.7. The van der Waals surface area contributed by atoms with Gasteiger partial charge in [0, 0.05) is 27.2 Å². The second kappa shape index (κ2) is 5.70. The molecule has 0 radical (unpaired) electrons. The molecule has 0 saturated carbocycles. The topological polar surface area (TPSA) is 90.0 Å². The first-order valence-electron chi connectivity index (χ1n) is 5.78. The van der Waals surface area contributed by atoms with E-state index in [2.05, 4.69) is 5.32 Å². The fourth-order valence-corrected chi connectivity index (χ4v) is 1.88. The van der Waals surface area contributed by atoms with Crippen molar-refractivity contribution in [1.82, 2.24) is 15.1 Å². The number of carboxylic acid groups (broad SMARTS) is 1. The first-order chi connectivity index (χ1) is 8.32. The van der Waals surface area contributed by atoms with Crippen LogP contribution >= 0.6 is 0 Å². The third-order valence-electron chi connectivity index (χ3n) is 3.11. The number of amides is 3. The highest BCUT2D eigenvalue weighted by molar-refractivity contribution is 5.84. The molecule has 0 spiro atoms. The van der Waals surface area contributed by atoms with Crippen LogP contribution in [0.5, 0.6) is 0 Å². The molecule has 0 aliphatic carbocycles. The van der Waals surface area contributed by atoms with Gasteiger partial charge < -0.3 is 20.2 Å². The Morgan fingerprint density at radius 3 is 2.39 bits per heavy atom. The molecule has 7 nitrogen and oxygen atoms in total. The largest absolute Gasteiger partial charge is 0.481 e. The quantitative estimate of drug-likeness (QED) is 0.709. The number of urea groups is 1. The SMILES string of the molecule is C[C@@H]1CN(C(=O)NCC(=O)N(C)C)C[C@H]1C(=O)O. The van der Waals surface area contributed by atoms with Gasteiger partial charge in [0.1, 0.15) is 0 Å². The molecule has 1 heterocycles. The van der Waals surface area contributed by atoms with Gasteiger partial charge in [-0.25, -0.2) is 4.79 Å². The Balaban J connectivity index is 2.45. The molecule has 1 aliphatic rings. The predicted octanol–water partition coefficient (Wildman–Crippen LogP) is -0.563. The van der Waals surface area contributed by atoms with Gasteiger partial charge in [0.2, 0.25) is 5.91 Å². The van der Waals surface area contributed by atoms with E-state index in [1.165, 1.54) is 9.80 Å². The average Bonchev–Trinajstić information content (AvgIpc) is 2.67. The molecule has 7 heteroatoms. The summed E-state index contributed by atoms with van der Waals surface area (Å²) in [5, 5.41) is 11.4. The summed E-state index contributed by atoms with van der Waals surface area (Å²) in [4.78, 5) is 36.8. The highest BCUT2D eigenvalue weighted by Crippen LogP contribution is 2.22. The lowest BCUT2D eigenvalue weighted by Crippen LogP contribution is -2.43. The maximum Gasteiger partial charge on any atom is 0.317 e. The molecule has 1 aliphatic heterocycles. The Labute approximate surface area is 106 Å². The zero-order valence-corrected chi connectivity index (χ0v) is 10.8. The number of rotatable bonds is 3. The molecule has 1 rings (SSSR count). The van der Waals surface area contributed by atoms with Crippen LogP contribution in [0.15, 0.2) is 0 Å². The van der Waals surface area contributed by atoms with Gasteiger partial charge in [-0.15, -0.1) is 0 Å². The molecule has 0 aromatic heterocycles. The number of likely N-dealkylation sites (tertiary alicyclic amines) is 1. The number of aliphatic carboxylic acids is 1. The lowest BCUT2D eigenvalue weighted by atomic mass is 9.99. The van der Waals surface area contributed by atoms with E-state index in [4.69, 9.17) is 5.11 Å². The molecule has 2 atom stereocenters. The molecule has 1 fully saturated rings. The Hall–Kier alpha value is -1.79. The van der Waals surface area contributed by atoms with Gasteiger partial charge in [-0.2, -0.15) is 0 Å². The zero-order valence-electron chi connectivity index (χ0n) is 10.8. The summed E-state index contributed by atoms with van der Waals surface area (Å²) in [6.07, 6.45) is 0. The van der Waals surface area contributed by atoms with Crippen LogP contribution in [0.3, 0.4) is 0 Å². The minimum Gasteiger partial charge on any atom is -0.481 e. The minimum absolute atomic E-state index is 0.0715. The second-order valence-electron chi connectivity index (χ2n) is 4.77. The fourth-order valence-electron chi connectivity index (χ4n) is 1.88. The van der Waals surface area contributed by atoms with Crippen molar-refractivity contribution in [3.05, 3.63) is 0 Å². The van der Waals surface area contributed by atoms with Gasteiger partial charge >= 0.3 is 12.0 Å². The highest BCUT2D eigenvalue weighted by atomic mass is 16.4. The van der Waals surface area contributed by atoms with Gasteiger partial charge in [0.25, 0.3) is 0 Å². The number of nitrogens with one attached hydrogen (secondary N) is 1. The summed E-state index contributed by atoms with van der Waals surface area (Å²) >= 11 is 0. The summed E-state index contributed by atoms with van der Waals surface area (Å²) in [5.41, 5.74) is 0. The number of hydrogen-bond donors (Lipinski definition) is 2. The molecular formula is C11H19N3O4. The van der Waals surface area contributed by atoms with Gasteiger partial charge in [-0.05, 0) is 5.92 Å². The van der Waals surface area contributed by atoms with E-state index in [1.807, 2.05) is 0 Å². The van der Waals surface area contributed by atoms with Gasteiger partial charge in [0.15, 0.2) is 0 Å². The maximum atomic E-state index is 11.7. The standard InChI is InChI=1S/C11H19N3O4/c1-7-5-14(6-8(7)10(16)17)11(18)12-4-9(15)13(2)3/h7-8H,4-6H2,1-3H3,(H,12,18)(H,16,17)/t7-,8-/m1/s1. The first kappa shape index (κ1) is 14.3. The monoisotopic (exact) mass is 257 g/mol. The van der Waals surface area contributed by atoms with Gasteiger partial charge in [-0.1, -0.05) is 6.92 Å². The number of hydrogen-bond acceptors (Lipinski definition) is 3. The van der Waals surface area contributed by atoms with Crippen LogP contribution in [0.1, 0.15) is 6.92 Å². The average molecular weight is 257 g/mol. The van der Waals surface area contributed by atoms with E-state index in [-0.39, 0.29) is 30.9 Å². The number of carbonyl (C=O) groups is 3. The highest BCUT2D eigenvalue weighted by Gasteiger charge is 2.36. The van der Waals surface area contributed by atoms with Crippen LogP contribution in [0.4, 0.5) is 4.79 Å². The molecule has 3 amide bonds. The van der Waals surface area contributed by atoms with E-state index in [0.717, 1.165) is 0 Å². The van der Waals surface area contributed by atoms with E-state index in [0.29, 0.717) is 6.54 Å². The van der Waals surface area contributed by atoms with Crippen LogP contribution in [-0.2, 0) is 9.59 Å². The zero-order chi connectivity index (χ0) is 13.9. The third kappa shape index (κ3) is 3.35. The van der Waals surface area contributed by atoms with Crippen LogP contribution in [0.25, 0.3) is 0 Å². The van der Waals surface area contributed by atoms with Crippen LogP contribution in [-0.4, -0.2) is 66.5 Å². The van der Waals surface area contributed by atoms with Crippen LogP contribution < -0.4 is 5.32 Å². The molecule has 0 unspecified atom stereocenters. The summed E-state index contributed by atoms with van der Waals surface area (Å²) in [6, 6.07) is -0.388. The van der Waals surface area contributed by atoms with Crippen molar-refractivity contribution in [2.45, 2.75) is 6.92 Å². The lowest BCUT2D eigenvalue weighted by Gasteiger charge is -2.17. The van der Waals surface area contributed by atoms with E-state index in [1.54, 1.807) is 21.0 Å². The van der Waals surface area contributed by atoms with Crippen LogP contribution in [0, 0.1) is 11.8 Å². The third-order valence-corrected chi connectivity index (χ3v) is 3.11. The maximum absolute atomic E-state index is 11.7. The lowest BCUT2D eigenvalue weighted by molar-refractivity contribution is -0.142. The fraction of sp³-hybridized carbons (Fsp3) is 0.727. The van der Waals surface area contributed by atoms with Crippen molar-refractivity contribution in [3.8, 4) is 0 Å². The predicted molar refractivity (Wildman–Crippen MR) is 64.0 cm³/mol. The second-order valence-corrected chi connectivity index (χ2v) is 4.77. The Bertz CT molecular complexity index is 356. The number of nitrogens with zero attached hydrogens (tertiary/aromatic N) is 2. The molecule has 0 aromatic carbocycles. The molecule has 1 saturated heterocycles. The van der Waals surface area contributed by atoms with Crippen molar-refractivity contribution in [3.63, 3.8) is 0 Å². The van der Waals surface area contributed by atoms with Gasteiger partial charge in [0.05, 0.1) is 12.5 Å². The molecule has 0 bridgehead atoms. The molecule has 18 heavy (non-hydrogen) atoms. The minimum atomic E-state index is -0.887. The summed E-state index contributed by atoms with van der Waals surface area (Å²) in [5.74, 6) is -1.69. The molecule has 0 aromatic rings. The van der Waals surface area contributed by atoms with Gasteiger partial charge in [-0.3, -0.25) is 9.59 Å². The number of carbonyl (C=O) groups excluding carboxylic acids is 2. The smallest absolute Gasteiger partial charge is 0.317 e. The van der Waals surface area contributed by atoms with E-state index < -0.39 is 11.9 Å². The molecule has 102 valence electrons. The van der Waals surface area contributed by atoms with Crippen molar-refractivity contribution < 1.29 is 19.5 Å². The first-order valence-corrected chi connectivity index (χ1v) is 5.78. The molecule has 2 N–H and O–H groups in total. The van der Waals surface area contributed by atoms with Crippen LogP contribution in [0.2, 0.25) is 0 Å². The van der Waals surface area contributed by atoms with E-state index >= 15 is 0 Å². The summed E-state index contributed by atoms with van der Waals surface area (Å²) in [7, 11) is 3.21. The summed E-state index contributed by atoms with van der Waals surface area (Å²) < 4.78 is 0. The summed E-state index contributed by atoms with van der Waals surface area (Å²) in [6.45, 7) is 2.32. The van der Waals surface area contributed by atoms with Crippen molar-refractivity contribution >= 4 is 17.9 Å². The van der Waals surface area contributed by atoms with E-state index in [9.17, 15) is 14.4 Å². The van der Waals surface area contributed by atoms with Crippen molar-refractivity contribution in [2.24, 2.45) is 11.8 Å². The Morgan fingerprint density at radius 2 is 1.94 bits per heavy atom. The number of carboxylic acids is 1. The Kier molecular flexibility index (Phi) is 4.52. The Morgan fingerprint density at radius 1 is 1.33 bits per heavy atom. The van der Waals surface area contributed by atoms with Crippen molar-refractivity contribution in [1.29, 1.82) is 0 Å². The van der Waals surface area contributed by atoms with Crippen molar-refractivity contribution in [2.75, 3.05) is 33.7 Å². The molecular weight excluding hydrogens is 238 g/mol.